The van der Waals surface area contributed by atoms with Crippen molar-refractivity contribution < 1.29 is 4.74 Å². The van der Waals surface area contributed by atoms with E-state index in [-0.39, 0.29) is 18.2 Å². The Balaban J connectivity index is 2.47. The van der Waals surface area contributed by atoms with E-state index >= 15 is 0 Å². The molecule has 2 rings (SSSR count). The lowest BCUT2D eigenvalue weighted by Crippen LogP contribution is -2.35. The molecule has 1 aromatic heterocycles. The Hall–Kier alpha value is -1.80. The highest BCUT2D eigenvalue weighted by Crippen LogP contribution is 2.37. The lowest BCUT2D eigenvalue weighted by Gasteiger charge is -2.18. The SMILES string of the molecule is CCC#Cc1cn(C2OC(C)C(C)C2C)c(=O)[nH]c1=O. The summed E-state index contributed by atoms with van der Waals surface area (Å²) in [6, 6.07) is 0. The smallest absolute Gasteiger partial charge is 0.330 e. The number of aromatic amines is 1. The molecule has 1 aliphatic heterocycles. The summed E-state index contributed by atoms with van der Waals surface area (Å²) < 4.78 is 7.29. The molecule has 20 heavy (non-hydrogen) atoms. The summed E-state index contributed by atoms with van der Waals surface area (Å²) in [5, 5.41) is 0. The first-order valence-electron chi connectivity index (χ1n) is 6.95. The van der Waals surface area contributed by atoms with E-state index in [1.54, 1.807) is 0 Å². The summed E-state index contributed by atoms with van der Waals surface area (Å²) >= 11 is 0. The van der Waals surface area contributed by atoms with Crippen LogP contribution in [0.4, 0.5) is 0 Å². The Morgan fingerprint density at radius 3 is 2.55 bits per heavy atom. The van der Waals surface area contributed by atoms with E-state index in [9.17, 15) is 9.59 Å². The number of nitrogens with zero attached hydrogens (tertiary/aromatic N) is 1. The van der Waals surface area contributed by atoms with E-state index in [0.29, 0.717) is 17.9 Å². The second-order valence-corrected chi connectivity index (χ2v) is 5.31. The lowest BCUT2D eigenvalue weighted by molar-refractivity contribution is -0.00764. The van der Waals surface area contributed by atoms with Gasteiger partial charge in [0.15, 0.2) is 0 Å². The van der Waals surface area contributed by atoms with Crippen LogP contribution >= 0.6 is 0 Å². The maximum Gasteiger partial charge on any atom is 0.330 e. The number of nitrogens with one attached hydrogen (secondary N) is 1. The fraction of sp³-hybridized carbons (Fsp3) is 0.600. The van der Waals surface area contributed by atoms with Crippen molar-refractivity contribution in [1.29, 1.82) is 0 Å². The van der Waals surface area contributed by atoms with Crippen LogP contribution in [0.2, 0.25) is 0 Å². The van der Waals surface area contributed by atoms with Gasteiger partial charge in [-0.15, -0.1) is 0 Å². The quantitative estimate of drug-likeness (QED) is 0.790. The third-order valence-corrected chi connectivity index (χ3v) is 4.02. The molecular weight excluding hydrogens is 256 g/mol. The van der Waals surface area contributed by atoms with Gasteiger partial charge in [0.05, 0.1) is 6.10 Å². The van der Waals surface area contributed by atoms with Crippen molar-refractivity contribution in [3.8, 4) is 11.8 Å². The monoisotopic (exact) mass is 276 g/mol. The van der Waals surface area contributed by atoms with Crippen LogP contribution in [0.15, 0.2) is 15.8 Å². The zero-order valence-corrected chi connectivity index (χ0v) is 12.3. The molecule has 1 aliphatic rings. The Bertz CT molecular complexity index is 662. The van der Waals surface area contributed by atoms with Gasteiger partial charge in [-0.3, -0.25) is 14.3 Å². The molecule has 5 nitrogen and oxygen atoms in total. The molecule has 4 atom stereocenters. The number of ether oxygens (including phenoxy) is 1. The average molecular weight is 276 g/mol. The van der Waals surface area contributed by atoms with Crippen molar-refractivity contribution >= 4 is 0 Å². The molecule has 2 heterocycles. The van der Waals surface area contributed by atoms with Gasteiger partial charge in [-0.05, 0) is 12.8 Å². The topological polar surface area (TPSA) is 64.1 Å². The molecule has 0 spiro atoms. The molecule has 1 aromatic rings. The van der Waals surface area contributed by atoms with Crippen LogP contribution in [-0.2, 0) is 4.74 Å². The van der Waals surface area contributed by atoms with E-state index in [1.165, 1.54) is 10.8 Å². The zero-order valence-electron chi connectivity index (χ0n) is 12.3. The molecule has 4 unspecified atom stereocenters. The molecule has 1 saturated heterocycles. The van der Waals surface area contributed by atoms with Gasteiger partial charge in [-0.25, -0.2) is 4.79 Å². The van der Waals surface area contributed by atoms with Crippen LogP contribution in [-0.4, -0.2) is 15.7 Å². The third-order valence-electron chi connectivity index (χ3n) is 4.02. The summed E-state index contributed by atoms with van der Waals surface area (Å²) in [6.45, 7) is 8.05. The van der Waals surface area contributed by atoms with Crippen LogP contribution in [0.1, 0.15) is 45.9 Å². The summed E-state index contributed by atoms with van der Waals surface area (Å²) in [5.41, 5.74) is -0.594. The van der Waals surface area contributed by atoms with E-state index in [2.05, 4.69) is 23.7 Å². The Morgan fingerprint density at radius 2 is 2.00 bits per heavy atom. The standard InChI is InChI=1S/C15H20N2O3/c1-5-6-7-12-8-17(15(19)16-13(12)18)14-10(3)9(2)11(4)20-14/h8-11,14H,5H2,1-4H3,(H,16,18,19). The van der Waals surface area contributed by atoms with Crippen molar-refractivity contribution in [2.45, 2.75) is 46.4 Å². The maximum atomic E-state index is 12.0. The second kappa shape index (κ2) is 5.68. The van der Waals surface area contributed by atoms with E-state index in [0.717, 1.165) is 0 Å². The van der Waals surface area contributed by atoms with Crippen molar-refractivity contribution in [3.63, 3.8) is 0 Å². The van der Waals surface area contributed by atoms with E-state index in [1.807, 2.05) is 20.8 Å². The minimum atomic E-state index is -0.449. The molecule has 0 radical (unpaired) electrons. The molecular formula is C15H20N2O3. The number of hydrogen-bond acceptors (Lipinski definition) is 3. The predicted octanol–water partition coefficient (Wildman–Crippen LogP) is 1.49. The fourth-order valence-corrected chi connectivity index (χ4v) is 2.42. The Morgan fingerprint density at radius 1 is 1.30 bits per heavy atom. The minimum Gasteiger partial charge on any atom is -0.354 e. The van der Waals surface area contributed by atoms with Crippen molar-refractivity contribution in [2.24, 2.45) is 11.8 Å². The molecule has 1 fully saturated rings. The molecule has 5 heteroatoms. The van der Waals surface area contributed by atoms with Crippen LogP contribution in [0.5, 0.6) is 0 Å². The number of H-pyrrole nitrogens is 1. The van der Waals surface area contributed by atoms with Crippen LogP contribution in [0.25, 0.3) is 0 Å². The normalized spacial score (nSPS) is 29.0. The van der Waals surface area contributed by atoms with Crippen LogP contribution in [0.3, 0.4) is 0 Å². The van der Waals surface area contributed by atoms with Gasteiger partial charge in [0.25, 0.3) is 5.56 Å². The van der Waals surface area contributed by atoms with Gasteiger partial charge in [-0.2, -0.15) is 0 Å². The van der Waals surface area contributed by atoms with Crippen molar-refractivity contribution in [3.05, 3.63) is 32.6 Å². The first-order chi connectivity index (χ1) is 9.45. The molecule has 0 saturated carbocycles. The van der Waals surface area contributed by atoms with E-state index < -0.39 is 11.2 Å². The first-order valence-corrected chi connectivity index (χ1v) is 6.95. The highest BCUT2D eigenvalue weighted by Gasteiger charge is 2.38. The van der Waals surface area contributed by atoms with Gasteiger partial charge < -0.3 is 4.74 Å². The molecule has 0 aliphatic carbocycles. The predicted molar refractivity (Wildman–Crippen MR) is 76.4 cm³/mol. The van der Waals surface area contributed by atoms with Crippen molar-refractivity contribution in [2.75, 3.05) is 0 Å². The summed E-state index contributed by atoms with van der Waals surface area (Å²) in [7, 11) is 0. The number of hydrogen-bond donors (Lipinski definition) is 1. The average Bonchev–Trinajstić information content (AvgIpc) is 2.66. The minimum absolute atomic E-state index is 0.0824. The zero-order chi connectivity index (χ0) is 14.9. The van der Waals surface area contributed by atoms with Gasteiger partial charge in [-0.1, -0.05) is 32.6 Å². The second-order valence-electron chi connectivity index (χ2n) is 5.31. The van der Waals surface area contributed by atoms with Gasteiger partial charge in [0.2, 0.25) is 0 Å². The van der Waals surface area contributed by atoms with E-state index in [4.69, 9.17) is 4.74 Å². The van der Waals surface area contributed by atoms with Crippen LogP contribution in [0, 0.1) is 23.7 Å². The number of aromatic nitrogens is 2. The largest absolute Gasteiger partial charge is 0.354 e. The van der Waals surface area contributed by atoms with Gasteiger partial charge >= 0.3 is 5.69 Å². The summed E-state index contributed by atoms with van der Waals surface area (Å²) in [6.07, 6.45) is 1.89. The maximum absolute atomic E-state index is 12.0. The molecule has 108 valence electrons. The first kappa shape index (κ1) is 14.6. The molecule has 0 aromatic carbocycles. The Kier molecular flexibility index (Phi) is 4.15. The summed E-state index contributed by atoms with van der Waals surface area (Å²) in [5.74, 6) is 6.17. The highest BCUT2D eigenvalue weighted by molar-refractivity contribution is 5.29. The molecule has 1 N–H and O–H groups in total. The number of rotatable bonds is 1. The fourth-order valence-electron chi connectivity index (χ4n) is 2.42. The third kappa shape index (κ3) is 2.56. The van der Waals surface area contributed by atoms with Gasteiger partial charge in [0, 0.05) is 18.5 Å². The highest BCUT2D eigenvalue weighted by atomic mass is 16.5. The molecule has 0 amide bonds. The lowest BCUT2D eigenvalue weighted by atomic mass is 9.93. The van der Waals surface area contributed by atoms with Gasteiger partial charge in [0.1, 0.15) is 11.8 Å². The van der Waals surface area contributed by atoms with Crippen molar-refractivity contribution in [1.82, 2.24) is 9.55 Å². The Labute approximate surface area is 118 Å². The van der Waals surface area contributed by atoms with Crippen LogP contribution < -0.4 is 11.2 Å². The summed E-state index contributed by atoms with van der Waals surface area (Å²) in [4.78, 5) is 26.0. The molecule has 0 bridgehead atoms.